The third kappa shape index (κ3) is 3.55. The lowest BCUT2D eigenvalue weighted by Gasteiger charge is -2.06. The van der Waals surface area contributed by atoms with Gasteiger partial charge in [0, 0.05) is 11.8 Å². The highest BCUT2D eigenvalue weighted by Crippen LogP contribution is 2.11. The zero-order chi connectivity index (χ0) is 14.4. The number of carbonyl (C=O) groups excluding carboxylic acids is 2. The van der Waals surface area contributed by atoms with Gasteiger partial charge in [-0.2, -0.15) is 0 Å². The van der Waals surface area contributed by atoms with Gasteiger partial charge in [0.05, 0.1) is 7.11 Å². The maximum atomic E-state index is 11.8. The molecule has 0 atom stereocenters. The minimum Gasteiger partial charge on any atom is -0.497 e. The molecule has 6 heteroatoms. The van der Waals surface area contributed by atoms with Gasteiger partial charge in [-0.05, 0) is 36.4 Å². The van der Waals surface area contributed by atoms with E-state index in [4.69, 9.17) is 4.74 Å². The Morgan fingerprint density at radius 2 is 1.85 bits per heavy atom. The van der Waals surface area contributed by atoms with Crippen LogP contribution in [0.2, 0.25) is 0 Å². The van der Waals surface area contributed by atoms with Crippen LogP contribution in [-0.2, 0) is 0 Å². The molecule has 0 unspecified atom stereocenters. The summed E-state index contributed by atoms with van der Waals surface area (Å²) < 4.78 is 4.99. The summed E-state index contributed by atoms with van der Waals surface area (Å²) >= 11 is 0. The van der Waals surface area contributed by atoms with E-state index in [2.05, 4.69) is 15.6 Å². The molecule has 0 aliphatic rings. The Kier molecular flexibility index (Phi) is 4.28. The second-order valence-corrected chi connectivity index (χ2v) is 3.85. The highest BCUT2D eigenvalue weighted by Gasteiger charge is 2.10. The molecule has 1 aromatic heterocycles. The van der Waals surface area contributed by atoms with E-state index in [-0.39, 0.29) is 0 Å². The molecule has 0 radical (unpaired) electrons. The van der Waals surface area contributed by atoms with Crippen molar-refractivity contribution in [1.29, 1.82) is 0 Å². The van der Waals surface area contributed by atoms with Crippen LogP contribution in [0.1, 0.15) is 10.4 Å². The maximum Gasteiger partial charge on any atom is 0.327 e. The summed E-state index contributed by atoms with van der Waals surface area (Å²) in [5.74, 6) is 0.508. The van der Waals surface area contributed by atoms with Gasteiger partial charge in [0.2, 0.25) is 0 Å². The Labute approximate surface area is 115 Å². The number of imide groups is 1. The number of methoxy groups -OCH3 is 1. The van der Waals surface area contributed by atoms with Crippen molar-refractivity contribution in [2.45, 2.75) is 0 Å². The van der Waals surface area contributed by atoms with Crippen molar-refractivity contribution in [2.24, 2.45) is 0 Å². The van der Waals surface area contributed by atoms with E-state index in [1.165, 1.54) is 7.11 Å². The van der Waals surface area contributed by atoms with E-state index in [0.717, 1.165) is 0 Å². The largest absolute Gasteiger partial charge is 0.497 e. The third-order valence-electron chi connectivity index (χ3n) is 2.49. The molecule has 20 heavy (non-hydrogen) atoms. The van der Waals surface area contributed by atoms with Crippen molar-refractivity contribution in [3.63, 3.8) is 0 Å². The Morgan fingerprint density at radius 3 is 2.45 bits per heavy atom. The predicted octanol–water partition coefficient (Wildman–Crippen LogP) is 2.05. The summed E-state index contributed by atoms with van der Waals surface area (Å²) in [7, 11) is 1.54. The van der Waals surface area contributed by atoms with E-state index in [1.807, 2.05) is 0 Å². The van der Waals surface area contributed by atoms with E-state index in [1.54, 1.807) is 48.7 Å². The van der Waals surface area contributed by atoms with Crippen LogP contribution < -0.4 is 15.4 Å². The van der Waals surface area contributed by atoms with Gasteiger partial charge in [0.25, 0.3) is 5.91 Å². The molecule has 0 aliphatic heterocycles. The van der Waals surface area contributed by atoms with Gasteiger partial charge >= 0.3 is 6.03 Å². The summed E-state index contributed by atoms with van der Waals surface area (Å²) in [6, 6.07) is 10.9. The van der Waals surface area contributed by atoms with Crippen LogP contribution >= 0.6 is 0 Å². The number of benzene rings is 1. The molecule has 0 aliphatic carbocycles. The van der Waals surface area contributed by atoms with Gasteiger partial charge < -0.3 is 4.74 Å². The van der Waals surface area contributed by atoms with Crippen molar-refractivity contribution in [3.8, 4) is 5.75 Å². The van der Waals surface area contributed by atoms with Gasteiger partial charge in [0.1, 0.15) is 11.6 Å². The number of ether oxygens (including phenoxy) is 1. The molecule has 3 amide bonds. The Morgan fingerprint density at radius 1 is 1.10 bits per heavy atom. The van der Waals surface area contributed by atoms with Crippen molar-refractivity contribution in [1.82, 2.24) is 10.3 Å². The lowest BCUT2D eigenvalue weighted by molar-refractivity contribution is 0.0967. The first-order valence-corrected chi connectivity index (χ1v) is 5.86. The van der Waals surface area contributed by atoms with Crippen LogP contribution in [0.4, 0.5) is 10.6 Å². The molecule has 0 fully saturated rings. The summed E-state index contributed by atoms with van der Waals surface area (Å²) in [5, 5.41) is 4.67. The minimum absolute atomic E-state index is 0.363. The number of nitrogens with one attached hydrogen (secondary N) is 2. The van der Waals surface area contributed by atoms with Crippen LogP contribution in [-0.4, -0.2) is 24.0 Å². The zero-order valence-electron chi connectivity index (χ0n) is 10.8. The highest BCUT2D eigenvalue weighted by atomic mass is 16.5. The highest BCUT2D eigenvalue weighted by molar-refractivity contribution is 6.07. The number of amides is 3. The number of nitrogens with zero attached hydrogens (tertiary/aromatic N) is 1. The molecule has 0 saturated carbocycles. The molecular weight excluding hydrogens is 258 g/mol. The molecule has 102 valence electrons. The fourth-order valence-electron chi connectivity index (χ4n) is 1.50. The first kappa shape index (κ1) is 13.5. The third-order valence-corrected chi connectivity index (χ3v) is 2.49. The Balaban J connectivity index is 1.95. The molecule has 2 aromatic rings. The Hall–Kier alpha value is -2.89. The number of pyridine rings is 1. The summed E-state index contributed by atoms with van der Waals surface area (Å²) in [5.41, 5.74) is 0.363. The first-order valence-electron chi connectivity index (χ1n) is 5.86. The molecular formula is C14H13N3O3. The van der Waals surface area contributed by atoms with Crippen LogP contribution in [0.3, 0.4) is 0 Å². The fraction of sp³-hybridized carbons (Fsp3) is 0.0714. The van der Waals surface area contributed by atoms with E-state index in [0.29, 0.717) is 17.1 Å². The molecule has 1 heterocycles. The minimum atomic E-state index is -0.635. The molecule has 2 N–H and O–H groups in total. The van der Waals surface area contributed by atoms with Crippen molar-refractivity contribution in [3.05, 3.63) is 54.2 Å². The number of hydrogen-bond donors (Lipinski definition) is 2. The summed E-state index contributed by atoms with van der Waals surface area (Å²) in [6.45, 7) is 0. The van der Waals surface area contributed by atoms with E-state index in [9.17, 15) is 9.59 Å². The summed E-state index contributed by atoms with van der Waals surface area (Å²) in [6.07, 6.45) is 1.54. The second-order valence-electron chi connectivity index (χ2n) is 3.85. The van der Waals surface area contributed by atoms with Crippen LogP contribution in [0.15, 0.2) is 48.7 Å². The number of anilines is 1. The average Bonchev–Trinajstić information content (AvgIpc) is 2.48. The smallest absolute Gasteiger partial charge is 0.327 e. The lowest BCUT2D eigenvalue weighted by atomic mass is 10.2. The van der Waals surface area contributed by atoms with Gasteiger partial charge in [-0.25, -0.2) is 9.78 Å². The van der Waals surface area contributed by atoms with E-state index < -0.39 is 11.9 Å². The monoisotopic (exact) mass is 271 g/mol. The predicted molar refractivity (Wildman–Crippen MR) is 73.7 cm³/mol. The number of hydrogen-bond acceptors (Lipinski definition) is 4. The van der Waals surface area contributed by atoms with Crippen molar-refractivity contribution < 1.29 is 14.3 Å². The standard InChI is InChI=1S/C14H13N3O3/c1-20-11-7-5-10(6-8-11)13(18)17-14(19)16-12-4-2-3-9-15-12/h2-9H,1H3,(H2,15,16,17,18,19). The van der Waals surface area contributed by atoms with Crippen molar-refractivity contribution >= 4 is 17.8 Å². The average molecular weight is 271 g/mol. The molecule has 2 rings (SSSR count). The number of rotatable bonds is 3. The number of aromatic nitrogens is 1. The normalized spacial score (nSPS) is 9.65. The Bertz CT molecular complexity index is 597. The van der Waals surface area contributed by atoms with Crippen LogP contribution in [0.5, 0.6) is 5.75 Å². The van der Waals surface area contributed by atoms with Gasteiger partial charge in [-0.3, -0.25) is 15.4 Å². The van der Waals surface area contributed by atoms with E-state index >= 15 is 0 Å². The quantitative estimate of drug-likeness (QED) is 0.895. The lowest BCUT2D eigenvalue weighted by Crippen LogP contribution is -2.34. The zero-order valence-corrected chi connectivity index (χ0v) is 10.8. The SMILES string of the molecule is COc1ccc(C(=O)NC(=O)Nc2ccccn2)cc1. The number of carbonyl (C=O) groups is 2. The number of urea groups is 1. The second kappa shape index (κ2) is 6.33. The first-order chi connectivity index (χ1) is 9.69. The van der Waals surface area contributed by atoms with Gasteiger partial charge in [-0.15, -0.1) is 0 Å². The topological polar surface area (TPSA) is 80.3 Å². The van der Waals surface area contributed by atoms with Crippen LogP contribution in [0.25, 0.3) is 0 Å². The molecule has 0 bridgehead atoms. The molecule has 0 spiro atoms. The fourth-order valence-corrected chi connectivity index (χ4v) is 1.50. The maximum absolute atomic E-state index is 11.8. The van der Waals surface area contributed by atoms with Crippen LogP contribution in [0, 0.1) is 0 Å². The van der Waals surface area contributed by atoms with Crippen molar-refractivity contribution in [2.75, 3.05) is 12.4 Å². The van der Waals surface area contributed by atoms with Gasteiger partial charge in [-0.1, -0.05) is 6.07 Å². The van der Waals surface area contributed by atoms with Gasteiger partial charge in [0.15, 0.2) is 0 Å². The molecule has 1 aromatic carbocycles. The molecule has 6 nitrogen and oxygen atoms in total. The summed E-state index contributed by atoms with van der Waals surface area (Å²) in [4.78, 5) is 27.3. The molecule has 0 saturated heterocycles.